The molecule has 1 aliphatic rings. The smallest absolute Gasteiger partial charge is 0.268 e. The van der Waals surface area contributed by atoms with E-state index in [1.54, 1.807) is 37.3 Å². The van der Waals surface area contributed by atoms with Gasteiger partial charge in [-0.15, -0.1) is 0 Å². The Hall–Kier alpha value is -3.87. The Bertz CT molecular complexity index is 1090. The van der Waals surface area contributed by atoms with Crippen molar-refractivity contribution in [1.29, 1.82) is 0 Å². The molecule has 0 fully saturated rings. The molecule has 0 N–H and O–H groups in total. The monoisotopic (exact) mass is 431 g/mol. The normalized spacial score (nSPS) is 15.0. The van der Waals surface area contributed by atoms with Gasteiger partial charge in [0.05, 0.1) is 25.0 Å². The molecule has 0 radical (unpaired) electrons. The third-order valence-corrected chi connectivity index (χ3v) is 5.33. The summed E-state index contributed by atoms with van der Waals surface area (Å²) in [5, 5.41) is 0. The first kappa shape index (κ1) is 21.4. The molecule has 0 saturated carbocycles. The average molecular weight is 431 g/mol. The van der Waals surface area contributed by atoms with E-state index in [2.05, 4.69) is 4.98 Å². The highest BCUT2D eigenvalue weighted by Crippen LogP contribution is 2.33. The highest BCUT2D eigenvalue weighted by molar-refractivity contribution is 6.03. The Kier molecular flexibility index (Phi) is 6.35. The number of carbonyl (C=O) groups is 2. The van der Waals surface area contributed by atoms with E-state index in [0.717, 1.165) is 17.0 Å². The number of carbonyl (C=O) groups excluding carboxylic acids is 2. The lowest BCUT2D eigenvalue weighted by Crippen LogP contribution is -2.49. The third kappa shape index (κ3) is 4.72. The molecule has 1 atom stereocenters. The number of hydrogen-bond acceptors (Lipinski definition) is 5. The molecule has 0 unspecified atom stereocenters. The Morgan fingerprint density at radius 3 is 2.53 bits per heavy atom. The SMILES string of the molecule is COc1ccc(CN(Cc2ccccn2)C(=O)CN2C(=O)[C@H](C)Oc3ccccc32)cc1. The number of hydrogen-bond donors (Lipinski definition) is 0. The van der Waals surface area contributed by atoms with Gasteiger partial charge in [0.15, 0.2) is 6.10 Å². The van der Waals surface area contributed by atoms with E-state index in [0.29, 0.717) is 24.5 Å². The lowest BCUT2D eigenvalue weighted by Gasteiger charge is -2.34. The number of anilines is 1. The summed E-state index contributed by atoms with van der Waals surface area (Å²) in [6.07, 6.45) is 1.05. The second-order valence-electron chi connectivity index (χ2n) is 7.57. The Labute approximate surface area is 187 Å². The van der Waals surface area contributed by atoms with Crippen molar-refractivity contribution in [3.8, 4) is 11.5 Å². The van der Waals surface area contributed by atoms with Crippen molar-refractivity contribution < 1.29 is 19.1 Å². The highest BCUT2D eigenvalue weighted by atomic mass is 16.5. The summed E-state index contributed by atoms with van der Waals surface area (Å²) in [5.41, 5.74) is 2.33. The van der Waals surface area contributed by atoms with Gasteiger partial charge in [0, 0.05) is 12.7 Å². The zero-order valence-corrected chi connectivity index (χ0v) is 18.1. The van der Waals surface area contributed by atoms with Crippen molar-refractivity contribution in [2.45, 2.75) is 26.1 Å². The number of para-hydroxylation sites is 2. The van der Waals surface area contributed by atoms with Gasteiger partial charge in [-0.3, -0.25) is 19.5 Å². The van der Waals surface area contributed by atoms with Crippen molar-refractivity contribution in [3.63, 3.8) is 0 Å². The van der Waals surface area contributed by atoms with Crippen LogP contribution in [0.5, 0.6) is 11.5 Å². The minimum absolute atomic E-state index is 0.0769. The Morgan fingerprint density at radius 2 is 1.81 bits per heavy atom. The third-order valence-electron chi connectivity index (χ3n) is 5.33. The lowest BCUT2D eigenvalue weighted by molar-refractivity contribution is -0.134. The first-order chi connectivity index (χ1) is 15.5. The fourth-order valence-corrected chi connectivity index (χ4v) is 3.63. The summed E-state index contributed by atoms with van der Waals surface area (Å²) in [6, 6.07) is 20.5. The molecule has 164 valence electrons. The van der Waals surface area contributed by atoms with Gasteiger partial charge in [-0.2, -0.15) is 0 Å². The zero-order chi connectivity index (χ0) is 22.5. The molecule has 4 rings (SSSR count). The number of ether oxygens (including phenoxy) is 2. The van der Waals surface area contributed by atoms with Gasteiger partial charge in [-0.1, -0.05) is 30.3 Å². The molecule has 0 aliphatic carbocycles. The summed E-state index contributed by atoms with van der Waals surface area (Å²) in [4.78, 5) is 33.9. The largest absolute Gasteiger partial charge is 0.497 e. The number of amides is 2. The van der Waals surface area contributed by atoms with Crippen LogP contribution in [-0.4, -0.2) is 41.5 Å². The lowest BCUT2D eigenvalue weighted by atomic mass is 10.1. The van der Waals surface area contributed by atoms with Crippen LogP contribution < -0.4 is 14.4 Å². The highest BCUT2D eigenvalue weighted by Gasteiger charge is 2.33. The molecule has 3 aromatic rings. The van der Waals surface area contributed by atoms with Crippen LogP contribution >= 0.6 is 0 Å². The van der Waals surface area contributed by atoms with Crippen LogP contribution in [0.15, 0.2) is 72.9 Å². The summed E-state index contributed by atoms with van der Waals surface area (Å²) >= 11 is 0. The molecule has 2 aromatic carbocycles. The molecule has 7 nitrogen and oxygen atoms in total. The molecular weight excluding hydrogens is 406 g/mol. The molecule has 2 heterocycles. The van der Waals surface area contributed by atoms with Gasteiger partial charge in [0.1, 0.15) is 18.0 Å². The number of pyridine rings is 1. The number of fused-ring (bicyclic) bond motifs is 1. The van der Waals surface area contributed by atoms with E-state index in [1.807, 2.05) is 54.6 Å². The van der Waals surface area contributed by atoms with Crippen LogP contribution in [0.25, 0.3) is 0 Å². The van der Waals surface area contributed by atoms with Crippen molar-refractivity contribution in [2.75, 3.05) is 18.6 Å². The summed E-state index contributed by atoms with van der Waals surface area (Å²) in [5.74, 6) is 0.933. The second-order valence-corrected chi connectivity index (χ2v) is 7.57. The van der Waals surface area contributed by atoms with Crippen LogP contribution in [-0.2, 0) is 22.7 Å². The molecule has 0 spiro atoms. The number of methoxy groups -OCH3 is 1. The van der Waals surface area contributed by atoms with Gasteiger partial charge >= 0.3 is 0 Å². The average Bonchev–Trinajstić information content (AvgIpc) is 2.82. The van der Waals surface area contributed by atoms with Crippen molar-refractivity contribution in [2.24, 2.45) is 0 Å². The molecule has 32 heavy (non-hydrogen) atoms. The van der Waals surface area contributed by atoms with Crippen LogP contribution in [0.2, 0.25) is 0 Å². The quantitative estimate of drug-likeness (QED) is 0.573. The summed E-state index contributed by atoms with van der Waals surface area (Å²) in [7, 11) is 1.62. The minimum Gasteiger partial charge on any atom is -0.497 e. The van der Waals surface area contributed by atoms with Crippen molar-refractivity contribution in [1.82, 2.24) is 9.88 Å². The molecule has 1 aliphatic heterocycles. The van der Waals surface area contributed by atoms with Crippen LogP contribution in [0, 0.1) is 0 Å². The standard InChI is InChI=1S/C25H25N3O4/c1-18-25(30)28(22-8-3-4-9-23(22)32-18)17-24(29)27(16-20-7-5-6-14-26-20)15-19-10-12-21(31-2)13-11-19/h3-14,18H,15-17H2,1-2H3/t18-/m0/s1. The van der Waals surface area contributed by atoms with Crippen LogP contribution in [0.3, 0.4) is 0 Å². The molecular formula is C25H25N3O4. The van der Waals surface area contributed by atoms with Gasteiger partial charge in [-0.05, 0) is 48.9 Å². The molecule has 0 saturated heterocycles. The van der Waals surface area contributed by atoms with Crippen molar-refractivity contribution >= 4 is 17.5 Å². The van der Waals surface area contributed by atoms with E-state index in [4.69, 9.17) is 9.47 Å². The first-order valence-electron chi connectivity index (χ1n) is 10.4. The second kappa shape index (κ2) is 9.51. The molecule has 1 aromatic heterocycles. The van der Waals surface area contributed by atoms with Gasteiger partial charge < -0.3 is 14.4 Å². The molecule has 2 amide bonds. The molecule has 7 heteroatoms. The number of benzene rings is 2. The maximum absolute atomic E-state index is 13.4. The fourth-order valence-electron chi connectivity index (χ4n) is 3.63. The molecule has 0 bridgehead atoms. The van der Waals surface area contributed by atoms with E-state index >= 15 is 0 Å². The summed E-state index contributed by atoms with van der Waals surface area (Å²) < 4.78 is 10.9. The number of aromatic nitrogens is 1. The van der Waals surface area contributed by atoms with Gasteiger partial charge in [0.25, 0.3) is 5.91 Å². The van der Waals surface area contributed by atoms with Crippen molar-refractivity contribution in [3.05, 3.63) is 84.2 Å². The topological polar surface area (TPSA) is 72.0 Å². The minimum atomic E-state index is -0.650. The van der Waals surface area contributed by atoms with E-state index in [1.165, 1.54) is 4.90 Å². The first-order valence-corrected chi connectivity index (χ1v) is 10.4. The van der Waals surface area contributed by atoms with E-state index in [9.17, 15) is 9.59 Å². The number of rotatable bonds is 7. The predicted molar refractivity (Wildman–Crippen MR) is 120 cm³/mol. The Balaban J connectivity index is 1.58. The fraction of sp³-hybridized carbons (Fsp3) is 0.240. The van der Waals surface area contributed by atoms with Crippen LogP contribution in [0.1, 0.15) is 18.2 Å². The maximum atomic E-state index is 13.4. The van der Waals surface area contributed by atoms with E-state index in [-0.39, 0.29) is 18.4 Å². The predicted octanol–water partition coefficient (Wildman–Crippen LogP) is 3.43. The van der Waals surface area contributed by atoms with Crippen LogP contribution in [0.4, 0.5) is 5.69 Å². The summed E-state index contributed by atoms with van der Waals surface area (Å²) in [6.45, 7) is 2.34. The van der Waals surface area contributed by atoms with Gasteiger partial charge in [-0.25, -0.2) is 0 Å². The maximum Gasteiger partial charge on any atom is 0.268 e. The zero-order valence-electron chi connectivity index (χ0n) is 18.1. The number of nitrogens with zero attached hydrogens (tertiary/aromatic N) is 3. The van der Waals surface area contributed by atoms with E-state index < -0.39 is 6.10 Å². The Morgan fingerprint density at radius 1 is 1.06 bits per heavy atom. The van der Waals surface area contributed by atoms with Gasteiger partial charge in [0.2, 0.25) is 5.91 Å².